The first kappa shape index (κ1) is 21.4. The molecule has 9 nitrogen and oxygen atoms in total. The largest absolute Gasteiger partial charge is 0.493 e. The first-order chi connectivity index (χ1) is 15.2. The van der Waals surface area contributed by atoms with E-state index in [2.05, 4.69) is 20.3 Å². The molecule has 0 atom stereocenters. The second-order valence-electron chi connectivity index (χ2n) is 6.92. The van der Waals surface area contributed by atoms with Gasteiger partial charge >= 0.3 is 0 Å². The molecule has 164 valence electrons. The van der Waals surface area contributed by atoms with Crippen molar-refractivity contribution in [3.8, 4) is 5.75 Å². The zero-order valence-corrected chi connectivity index (χ0v) is 18.5. The van der Waals surface area contributed by atoms with Crippen LogP contribution in [-0.2, 0) is 11.3 Å². The molecule has 10 heteroatoms. The van der Waals surface area contributed by atoms with Crippen LogP contribution in [0.4, 0.5) is 5.82 Å². The fourth-order valence-electron chi connectivity index (χ4n) is 3.50. The van der Waals surface area contributed by atoms with Crippen LogP contribution in [0.1, 0.15) is 17.3 Å². The van der Waals surface area contributed by atoms with Crippen LogP contribution in [0.2, 0.25) is 0 Å². The monoisotopic (exact) mass is 442 g/mol. The van der Waals surface area contributed by atoms with Crippen LogP contribution in [0.3, 0.4) is 0 Å². The zero-order valence-electron chi connectivity index (χ0n) is 17.7. The van der Waals surface area contributed by atoms with Gasteiger partial charge in [0.2, 0.25) is 0 Å². The second kappa shape index (κ2) is 9.97. The van der Waals surface area contributed by atoms with Crippen LogP contribution in [-0.4, -0.2) is 71.4 Å². The number of anilines is 1. The Morgan fingerprint density at radius 3 is 2.84 bits per heavy atom. The Hall–Kier alpha value is -2.85. The molecule has 4 rings (SSSR count). The van der Waals surface area contributed by atoms with Crippen LogP contribution in [0.5, 0.6) is 5.75 Å². The van der Waals surface area contributed by atoms with Gasteiger partial charge in [-0.1, -0.05) is 23.9 Å². The van der Waals surface area contributed by atoms with Crippen LogP contribution < -0.4 is 15.0 Å². The van der Waals surface area contributed by atoms with Crippen molar-refractivity contribution in [3.63, 3.8) is 0 Å². The maximum atomic E-state index is 12.6. The normalized spacial score (nSPS) is 14.1. The van der Waals surface area contributed by atoms with Gasteiger partial charge in [0, 0.05) is 19.6 Å². The molecule has 0 spiro atoms. The molecule has 1 aliphatic heterocycles. The van der Waals surface area contributed by atoms with E-state index in [-0.39, 0.29) is 5.91 Å². The highest BCUT2D eigenvalue weighted by Gasteiger charge is 2.20. The van der Waals surface area contributed by atoms with E-state index in [0.29, 0.717) is 49.4 Å². The lowest BCUT2D eigenvalue weighted by molar-refractivity contribution is 0.0948. The lowest BCUT2D eigenvalue weighted by Gasteiger charge is -2.28. The predicted octanol–water partition coefficient (Wildman–Crippen LogP) is 2.21. The highest BCUT2D eigenvalue weighted by molar-refractivity contribution is 7.98. The van der Waals surface area contributed by atoms with E-state index in [0.717, 1.165) is 29.9 Å². The summed E-state index contributed by atoms with van der Waals surface area (Å²) >= 11 is 1.50. The SMILES string of the molecule is CCOc1ccccc1C(=O)NCCn1ncc2c(N3CCOCC3)nc(SC)nc21. The molecule has 31 heavy (non-hydrogen) atoms. The van der Waals surface area contributed by atoms with Gasteiger partial charge in [0.05, 0.1) is 43.5 Å². The number of nitrogens with one attached hydrogen (secondary N) is 1. The highest BCUT2D eigenvalue weighted by atomic mass is 32.2. The molecule has 1 aromatic carbocycles. The number of ether oxygens (including phenoxy) is 2. The first-order valence-corrected chi connectivity index (χ1v) is 11.5. The fraction of sp³-hybridized carbons (Fsp3) is 0.429. The van der Waals surface area contributed by atoms with E-state index in [4.69, 9.17) is 14.5 Å². The lowest BCUT2D eigenvalue weighted by Crippen LogP contribution is -2.37. The van der Waals surface area contributed by atoms with Gasteiger partial charge in [-0.05, 0) is 25.3 Å². The van der Waals surface area contributed by atoms with E-state index in [9.17, 15) is 4.79 Å². The number of nitrogens with zero attached hydrogens (tertiary/aromatic N) is 5. The number of carbonyl (C=O) groups excluding carboxylic acids is 1. The number of fused-ring (bicyclic) bond motifs is 1. The summed E-state index contributed by atoms with van der Waals surface area (Å²) in [5.41, 5.74) is 1.29. The summed E-state index contributed by atoms with van der Waals surface area (Å²) in [6, 6.07) is 7.24. The van der Waals surface area contributed by atoms with Gasteiger partial charge in [-0.2, -0.15) is 5.10 Å². The number of thioether (sulfide) groups is 1. The van der Waals surface area contributed by atoms with E-state index < -0.39 is 0 Å². The average molecular weight is 443 g/mol. The molecule has 1 fully saturated rings. The van der Waals surface area contributed by atoms with Crippen molar-refractivity contribution in [3.05, 3.63) is 36.0 Å². The summed E-state index contributed by atoms with van der Waals surface area (Å²) in [5, 5.41) is 9.08. The molecule has 0 radical (unpaired) electrons. The first-order valence-electron chi connectivity index (χ1n) is 10.3. The Morgan fingerprint density at radius 2 is 2.06 bits per heavy atom. The molecule has 1 aliphatic rings. The third-order valence-corrected chi connectivity index (χ3v) is 5.54. The Bertz CT molecular complexity index is 1050. The van der Waals surface area contributed by atoms with E-state index in [1.54, 1.807) is 18.3 Å². The molecule has 0 aliphatic carbocycles. The average Bonchev–Trinajstić information content (AvgIpc) is 3.22. The number of morpholine rings is 1. The molecule has 1 saturated heterocycles. The molecule has 0 saturated carbocycles. The van der Waals surface area contributed by atoms with Crippen LogP contribution in [0.25, 0.3) is 11.0 Å². The predicted molar refractivity (Wildman–Crippen MR) is 120 cm³/mol. The molecule has 3 aromatic rings. The van der Waals surface area contributed by atoms with Crippen molar-refractivity contribution < 1.29 is 14.3 Å². The molecule has 0 bridgehead atoms. The number of para-hydroxylation sites is 1. The summed E-state index contributed by atoms with van der Waals surface area (Å²) in [6.45, 7) is 6.27. The Kier molecular flexibility index (Phi) is 6.88. The van der Waals surface area contributed by atoms with Crippen LogP contribution >= 0.6 is 11.8 Å². The number of benzene rings is 1. The summed E-state index contributed by atoms with van der Waals surface area (Å²) in [5.74, 6) is 1.30. The summed E-state index contributed by atoms with van der Waals surface area (Å²) < 4.78 is 12.8. The molecule has 1 N–H and O–H groups in total. The molecule has 1 amide bonds. The van der Waals surface area contributed by atoms with Crippen LogP contribution in [0.15, 0.2) is 35.6 Å². The van der Waals surface area contributed by atoms with Crippen molar-refractivity contribution in [1.82, 2.24) is 25.1 Å². The van der Waals surface area contributed by atoms with Gasteiger partial charge in [0.25, 0.3) is 5.91 Å². The summed E-state index contributed by atoms with van der Waals surface area (Å²) in [7, 11) is 0. The van der Waals surface area contributed by atoms with Gasteiger partial charge in [0.1, 0.15) is 11.6 Å². The van der Waals surface area contributed by atoms with Crippen LogP contribution in [0, 0.1) is 0 Å². The number of amides is 1. The Morgan fingerprint density at radius 1 is 1.26 bits per heavy atom. The van der Waals surface area contributed by atoms with Gasteiger partial charge < -0.3 is 19.7 Å². The van der Waals surface area contributed by atoms with Crippen molar-refractivity contribution in [2.75, 3.05) is 50.6 Å². The minimum Gasteiger partial charge on any atom is -0.493 e. The van der Waals surface area contributed by atoms with Gasteiger partial charge in [-0.15, -0.1) is 0 Å². The fourth-order valence-corrected chi connectivity index (χ4v) is 3.85. The minimum absolute atomic E-state index is 0.172. The molecule has 3 heterocycles. The molecular formula is C21H26N6O3S. The second-order valence-corrected chi connectivity index (χ2v) is 7.70. The Balaban J connectivity index is 1.50. The van der Waals surface area contributed by atoms with Crippen molar-refractivity contribution in [2.45, 2.75) is 18.6 Å². The van der Waals surface area contributed by atoms with Crippen molar-refractivity contribution >= 4 is 34.5 Å². The van der Waals surface area contributed by atoms with Gasteiger partial charge in [-0.3, -0.25) is 4.79 Å². The maximum Gasteiger partial charge on any atom is 0.255 e. The van der Waals surface area contributed by atoms with Gasteiger partial charge in [-0.25, -0.2) is 14.6 Å². The Labute approximate surface area is 185 Å². The zero-order chi connectivity index (χ0) is 21.6. The standard InChI is InChI=1S/C21H26N6O3S/c1-3-30-17-7-5-4-6-15(17)20(28)22-8-9-27-19-16(14-23-27)18(24-21(25-19)31-2)26-10-12-29-13-11-26/h4-7,14H,3,8-13H2,1-2H3,(H,22,28). The quantitative estimate of drug-likeness (QED) is 0.419. The maximum absolute atomic E-state index is 12.6. The number of hydrogen-bond donors (Lipinski definition) is 1. The lowest BCUT2D eigenvalue weighted by atomic mass is 10.2. The number of rotatable bonds is 8. The topological polar surface area (TPSA) is 94.4 Å². The highest BCUT2D eigenvalue weighted by Crippen LogP contribution is 2.27. The van der Waals surface area contributed by atoms with E-state index in [1.807, 2.05) is 30.0 Å². The number of aromatic nitrogens is 4. The van der Waals surface area contributed by atoms with Crippen molar-refractivity contribution in [2.24, 2.45) is 0 Å². The van der Waals surface area contributed by atoms with E-state index in [1.165, 1.54) is 11.8 Å². The summed E-state index contributed by atoms with van der Waals surface area (Å²) in [6.07, 6.45) is 3.76. The minimum atomic E-state index is -0.172. The number of carbonyl (C=O) groups is 1. The van der Waals surface area contributed by atoms with Gasteiger partial charge in [0.15, 0.2) is 10.8 Å². The van der Waals surface area contributed by atoms with Crippen molar-refractivity contribution in [1.29, 1.82) is 0 Å². The molecular weight excluding hydrogens is 416 g/mol. The third-order valence-electron chi connectivity index (χ3n) is 4.99. The molecule has 2 aromatic heterocycles. The molecule has 0 unspecified atom stereocenters. The third kappa shape index (κ3) is 4.75. The van der Waals surface area contributed by atoms with E-state index >= 15 is 0 Å². The smallest absolute Gasteiger partial charge is 0.255 e. The summed E-state index contributed by atoms with van der Waals surface area (Å²) in [4.78, 5) is 24.2. The number of hydrogen-bond acceptors (Lipinski definition) is 8.